The third kappa shape index (κ3) is 2.46. The minimum absolute atomic E-state index is 0.0308. The van der Waals surface area contributed by atoms with Gasteiger partial charge in [-0.2, -0.15) is 0 Å². The van der Waals surface area contributed by atoms with E-state index in [0.29, 0.717) is 5.56 Å². The molecule has 0 aliphatic carbocycles. The molecule has 20 heavy (non-hydrogen) atoms. The number of halogens is 1. The van der Waals surface area contributed by atoms with E-state index in [1.165, 1.54) is 11.0 Å². The Bertz CT molecular complexity index is 613. The van der Waals surface area contributed by atoms with Crippen molar-refractivity contribution in [2.45, 2.75) is 13.3 Å². The van der Waals surface area contributed by atoms with Crippen molar-refractivity contribution in [3.05, 3.63) is 28.3 Å². The lowest BCUT2D eigenvalue weighted by atomic mass is 10.1. The molecule has 1 aliphatic rings. The Kier molecular flexibility index (Phi) is 3.67. The van der Waals surface area contributed by atoms with Crippen molar-refractivity contribution in [3.8, 4) is 0 Å². The number of rotatable bonds is 3. The number of carboxylic acid groups (broad SMARTS) is 2. The fourth-order valence-electron chi connectivity index (χ4n) is 2.35. The van der Waals surface area contributed by atoms with Gasteiger partial charge < -0.3 is 15.1 Å². The standard InChI is InChI=1S/C13H12ClNO5/c1-6-2-8(14)4-9(13(19)20)11(6)15-5-7(12(17)18)3-10(15)16/h2,4,7H,3,5H2,1H3,(H,17,18)(H,19,20). The molecule has 1 fully saturated rings. The van der Waals surface area contributed by atoms with E-state index in [0.717, 1.165) is 0 Å². The molecule has 0 spiro atoms. The molecule has 1 atom stereocenters. The number of carbonyl (C=O) groups excluding carboxylic acids is 1. The third-order valence-corrected chi connectivity index (χ3v) is 3.46. The smallest absolute Gasteiger partial charge is 0.337 e. The lowest BCUT2D eigenvalue weighted by Crippen LogP contribution is -2.28. The van der Waals surface area contributed by atoms with Gasteiger partial charge in [0, 0.05) is 18.0 Å². The third-order valence-electron chi connectivity index (χ3n) is 3.24. The molecule has 7 heteroatoms. The highest BCUT2D eigenvalue weighted by Crippen LogP contribution is 2.33. The van der Waals surface area contributed by atoms with Crippen LogP contribution in [-0.2, 0) is 9.59 Å². The molecule has 0 bridgehead atoms. The molecule has 6 nitrogen and oxygen atoms in total. The maximum Gasteiger partial charge on any atom is 0.337 e. The number of aryl methyl sites for hydroxylation is 1. The highest BCUT2D eigenvalue weighted by molar-refractivity contribution is 6.31. The van der Waals surface area contributed by atoms with Crippen LogP contribution in [0.5, 0.6) is 0 Å². The number of hydrogen-bond donors (Lipinski definition) is 2. The average molecular weight is 298 g/mol. The van der Waals surface area contributed by atoms with E-state index in [-0.39, 0.29) is 29.2 Å². The Labute approximate surface area is 119 Å². The van der Waals surface area contributed by atoms with Gasteiger partial charge in [0.1, 0.15) is 0 Å². The summed E-state index contributed by atoms with van der Waals surface area (Å²) in [5.41, 5.74) is 0.638. The van der Waals surface area contributed by atoms with E-state index >= 15 is 0 Å². The van der Waals surface area contributed by atoms with Crippen molar-refractivity contribution in [1.82, 2.24) is 0 Å². The summed E-state index contributed by atoms with van der Waals surface area (Å²) in [7, 11) is 0. The van der Waals surface area contributed by atoms with E-state index < -0.39 is 23.8 Å². The van der Waals surface area contributed by atoms with Gasteiger partial charge in [-0.3, -0.25) is 9.59 Å². The molecule has 1 unspecified atom stereocenters. The molecule has 0 radical (unpaired) electrons. The van der Waals surface area contributed by atoms with Crippen molar-refractivity contribution in [2.75, 3.05) is 11.4 Å². The average Bonchev–Trinajstić information content (AvgIpc) is 2.70. The number of carboxylic acids is 2. The van der Waals surface area contributed by atoms with Crippen LogP contribution in [0.25, 0.3) is 0 Å². The molecule has 1 heterocycles. The zero-order chi connectivity index (χ0) is 15.0. The van der Waals surface area contributed by atoms with E-state index in [4.69, 9.17) is 16.7 Å². The predicted molar refractivity (Wildman–Crippen MR) is 71.2 cm³/mol. The second-order valence-corrected chi connectivity index (χ2v) is 5.10. The van der Waals surface area contributed by atoms with E-state index in [9.17, 15) is 19.5 Å². The molecular formula is C13H12ClNO5. The van der Waals surface area contributed by atoms with Crippen molar-refractivity contribution < 1.29 is 24.6 Å². The van der Waals surface area contributed by atoms with Gasteiger partial charge in [0.2, 0.25) is 5.91 Å². The summed E-state index contributed by atoms with van der Waals surface area (Å²) in [4.78, 5) is 35.4. The Hall–Kier alpha value is -2.08. The molecule has 1 aromatic carbocycles. The van der Waals surface area contributed by atoms with Gasteiger partial charge in [-0.05, 0) is 24.6 Å². The van der Waals surface area contributed by atoms with Crippen LogP contribution in [0.3, 0.4) is 0 Å². The van der Waals surface area contributed by atoms with Crippen LogP contribution in [0.2, 0.25) is 5.02 Å². The second kappa shape index (κ2) is 5.13. The minimum atomic E-state index is -1.21. The molecule has 1 aliphatic heterocycles. The topological polar surface area (TPSA) is 94.9 Å². The quantitative estimate of drug-likeness (QED) is 0.887. The van der Waals surface area contributed by atoms with Crippen LogP contribution in [-0.4, -0.2) is 34.6 Å². The monoisotopic (exact) mass is 297 g/mol. The maximum atomic E-state index is 11.9. The highest BCUT2D eigenvalue weighted by atomic mass is 35.5. The number of amides is 1. The summed E-state index contributed by atoms with van der Waals surface area (Å²) in [6.45, 7) is 1.60. The molecule has 1 amide bonds. The van der Waals surface area contributed by atoms with Crippen molar-refractivity contribution in [3.63, 3.8) is 0 Å². The second-order valence-electron chi connectivity index (χ2n) is 4.67. The van der Waals surface area contributed by atoms with Crippen LogP contribution in [0.1, 0.15) is 22.3 Å². The van der Waals surface area contributed by atoms with Crippen LogP contribution in [0.15, 0.2) is 12.1 Å². The van der Waals surface area contributed by atoms with Crippen LogP contribution in [0.4, 0.5) is 5.69 Å². The lowest BCUT2D eigenvalue weighted by molar-refractivity contribution is -0.141. The summed E-state index contributed by atoms with van der Waals surface area (Å²) >= 11 is 5.83. The van der Waals surface area contributed by atoms with Gasteiger partial charge >= 0.3 is 11.9 Å². The first kappa shape index (κ1) is 14.3. The Morgan fingerprint density at radius 2 is 2.00 bits per heavy atom. The van der Waals surface area contributed by atoms with Crippen LogP contribution < -0.4 is 4.90 Å². The normalized spacial score (nSPS) is 18.4. The fourth-order valence-corrected chi connectivity index (χ4v) is 2.62. The van der Waals surface area contributed by atoms with Crippen molar-refractivity contribution >= 4 is 35.1 Å². The Balaban J connectivity index is 2.50. The summed E-state index contributed by atoms with van der Waals surface area (Å²) in [6, 6.07) is 2.80. The molecule has 2 rings (SSSR count). The first-order valence-electron chi connectivity index (χ1n) is 5.88. The van der Waals surface area contributed by atoms with Gasteiger partial charge in [0.25, 0.3) is 0 Å². The van der Waals surface area contributed by atoms with Gasteiger partial charge in [0.05, 0.1) is 17.2 Å². The summed E-state index contributed by atoms with van der Waals surface area (Å²) in [5, 5.41) is 18.4. The molecule has 0 saturated carbocycles. The van der Waals surface area contributed by atoms with Crippen LogP contribution in [0, 0.1) is 12.8 Å². The molecule has 106 valence electrons. The van der Waals surface area contributed by atoms with Gasteiger partial charge in [-0.25, -0.2) is 4.79 Å². The van der Waals surface area contributed by atoms with Crippen LogP contribution >= 0.6 is 11.6 Å². The molecule has 0 aromatic heterocycles. The summed E-state index contributed by atoms with van der Waals surface area (Å²) in [5.74, 6) is -3.49. The number of carbonyl (C=O) groups is 3. The molecule has 1 saturated heterocycles. The number of aromatic carboxylic acids is 1. The van der Waals surface area contributed by atoms with E-state index in [1.54, 1.807) is 13.0 Å². The Morgan fingerprint density at radius 3 is 2.50 bits per heavy atom. The zero-order valence-electron chi connectivity index (χ0n) is 10.6. The zero-order valence-corrected chi connectivity index (χ0v) is 11.3. The van der Waals surface area contributed by atoms with Gasteiger partial charge in [0.15, 0.2) is 0 Å². The number of nitrogens with zero attached hydrogens (tertiary/aromatic N) is 1. The van der Waals surface area contributed by atoms with Crippen molar-refractivity contribution in [2.24, 2.45) is 5.92 Å². The van der Waals surface area contributed by atoms with E-state index in [2.05, 4.69) is 0 Å². The molecule has 1 aromatic rings. The predicted octanol–water partition coefficient (Wildman–Crippen LogP) is 1.78. The largest absolute Gasteiger partial charge is 0.481 e. The fraction of sp³-hybridized carbons (Fsp3) is 0.308. The van der Waals surface area contributed by atoms with Crippen molar-refractivity contribution in [1.29, 1.82) is 0 Å². The SMILES string of the molecule is Cc1cc(Cl)cc(C(=O)O)c1N1CC(C(=O)O)CC1=O. The number of anilines is 1. The summed E-state index contributed by atoms with van der Waals surface area (Å²) < 4.78 is 0. The first-order chi connectivity index (χ1) is 9.31. The number of benzene rings is 1. The summed E-state index contributed by atoms with van der Waals surface area (Å²) in [6.07, 6.45) is -0.129. The van der Waals surface area contributed by atoms with E-state index in [1.807, 2.05) is 0 Å². The minimum Gasteiger partial charge on any atom is -0.481 e. The van der Waals surface area contributed by atoms with Gasteiger partial charge in [-0.1, -0.05) is 11.6 Å². The molecular weight excluding hydrogens is 286 g/mol. The first-order valence-corrected chi connectivity index (χ1v) is 6.25. The lowest BCUT2D eigenvalue weighted by Gasteiger charge is -2.21. The Morgan fingerprint density at radius 1 is 1.35 bits per heavy atom. The maximum absolute atomic E-state index is 11.9. The van der Waals surface area contributed by atoms with Gasteiger partial charge in [-0.15, -0.1) is 0 Å². The number of aliphatic carboxylic acids is 1. The highest BCUT2D eigenvalue weighted by Gasteiger charge is 2.37. The molecule has 2 N–H and O–H groups in total. The number of hydrogen-bond acceptors (Lipinski definition) is 3.